The largest absolute Gasteiger partial charge is 0.149 e. The van der Waals surface area contributed by atoms with E-state index >= 15 is 0 Å². The zero-order valence-corrected chi connectivity index (χ0v) is 29.7. The van der Waals surface area contributed by atoms with Crippen LogP contribution < -0.4 is 31.1 Å². The Morgan fingerprint density at radius 1 is 0.404 bits per heavy atom. The number of hydrogen-bond acceptors (Lipinski definition) is 0. The summed E-state index contributed by atoms with van der Waals surface area (Å²) in [6, 6.07) is 55.4. The normalized spacial score (nSPS) is 15.4. The van der Waals surface area contributed by atoms with Crippen LogP contribution in [0.3, 0.4) is 0 Å². The Balaban J connectivity index is 1.25. The molecule has 0 unspecified atom stereocenters. The van der Waals surface area contributed by atoms with Gasteiger partial charge in [0, 0.05) is 0 Å². The lowest BCUT2D eigenvalue weighted by atomic mass is 10.1. The molecule has 9 rings (SSSR count). The van der Waals surface area contributed by atoms with Gasteiger partial charge in [-0.3, -0.25) is 0 Å². The van der Waals surface area contributed by atoms with E-state index in [4.69, 9.17) is 0 Å². The summed E-state index contributed by atoms with van der Waals surface area (Å²) in [4.78, 5) is 0. The second-order valence-corrected chi connectivity index (χ2v) is 22.1. The molecule has 0 aromatic heterocycles. The van der Waals surface area contributed by atoms with Crippen molar-refractivity contribution in [3.8, 4) is 33.4 Å². The van der Waals surface area contributed by atoms with E-state index in [1.165, 1.54) is 82.3 Å². The van der Waals surface area contributed by atoms with Crippen molar-refractivity contribution >= 4 is 47.3 Å². The molecule has 0 nitrogen and oxygen atoms in total. The maximum absolute atomic E-state index is 2.67. The van der Waals surface area contributed by atoms with Gasteiger partial charge in [0.05, 0.1) is 0 Å². The Morgan fingerprint density at radius 2 is 0.745 bits per heavy atom. The van der Waals surface area contributed by atoms with Crippen molar-refractivity contribution in [3.63, 3.8) is 0 Å². The van der Waals surface area contributed by atoms with Crippen LogP contribution in [0.15, 0.2) is 133 Å². The Labute approximate surface area is 282 Å². The van der Waals surface area contributed by atoms with Crippen LogP contribution in [0.2, 0.25) is 12.1 Å². The second kappa shape index (κ2) is 11.2. The summed E-state index contributed by atoms with van der Waals surface area (Å²) < 4.78 is 0. The lowest BCUT2D eigenvalue weighted by molar-refractivity contribution is 0.874. The van der Waals surface area contributed by atoms with E-state index < -0.39 is 16.1 Å². The van der Waals surface area contributed by atoms with Gasteiger partial charge in [0.1, 0.15) is 16.1 Å². The fourth-order valence-electron chi connectivity index (χ4n) is 9.68. The summed E-state index contributed by atoms with van der Waals surface area (Å²) in [6.45, 7) is 4.71. The quantitative estimate of drug-likeness (QED) is 0.149. The molecular weight excluding hydrogens is 597 g/mol. The molecule has 2 heteroatoms. The van der Waals surface area contributed by atoms with E-state index in [1.54, 1.807) is 31.1 Å². The zero-order valence-electron chi connectivity index (χ0n) is 27.7. The molecule has 1 aliphatic carbocycles. The van der Waals surface area contributed by atoms with Gasteiger partial charge in [-0.1, -0.05) is 173 Å². The van der Waals surface area contributed by atoms with Gasteiger partial charge >= 0.3 is 0 Å². The molecule has 0 bridgehead atoms. The maximum atomic E-state index is 2.67. The molecule has 230 valence electrons. The highest BCUT2D eigenvalue weighted by Crippen LogP contribution is 2.39. The second-order valence-electron chi connectivity index (χ2n) is 14.1. The van der Waals surface area contributed by atoms with Gasteiger partial charge in [0.2, 0.25) is 0 Å². The van der Waals surface area contributed by atoms with Gasteiger partial charge in [-0.2, -0.15) is 0 Å². The van der Waals surface area contributed by atoms with Crippen LogP contribution in [0, 0.1) is 0 Å². The Morgan fingerprint density at radius 3 is 1.09 bits per heavy atom. The van der Waals surface area contributed by atoms with E-state index in [9.17, 15) is 0 Å². The minimum absolute atomic E-state index is 1.04. The molecule has 2 aliphatic heterocycles. The van der Waals surface area contributed by atoms with Gasteiger partial charge in [-0.15, -0.1) is 0 Å². The molecule has 0 radical (unpaired) electrons. The summed E-state index contributed by atoms with van der Waals surface area (Å²) in [5, 5.41) is 9.65. The van der Waals surface area contributed by atoms with Gasteiger partial charge in [0.15, 0.2) is 0 Å². The van der Waals surface area contributed by atoms with Crippen molar-refractivity contribution < 1.29 is 0 Å². The van der Waals surface area contributed by atoms with Gasteiger partial charge < -0.3 is 0 Å². The van der Waals surface area contributed by atoms with Gasteiger partial charge in [0.25, 0.3) is 0 Å². The van der Waals surface area contributed by atoms with Crippen molar-refractivity contribution in [2.75, 3.05) is 0 Å². The number of unbranched alkanes of at least 4 members (excludes halogenated alkanes) is 2. The molecule has 0 spiro atoms. The van der Waals surface area contributed by atoms with E-state index in [0.717, 1.165) is 6.42 Å². The van der Waals surface area contributed by atoms with Crippen LogP contribution in [0.1, 0.15) is 50.7 Å². The smallest absolute Gasteiger partial charge is 0.0654 e. The third kappa shape index (κ3) is 4.04. The van der Waals surface area contributed by atoms with Crippen molar-refractivity contribution in [1.82, 2.24) is 0 Å². The molecular formula is C45H42Si2. The Kier molecular flexibility index (Phi) is 6.88. The summed E-state index contributed by atoms with van der Waals surface area (Å²) in [7, 11) is -4.39. The monoisotopic (exact) mass is 638 g/mol. The first-order valence-corrected chi connectivity index (χ1v) is 22.3. The first-order valence-electron chi connectivity index (χ1n) is 17.9. The Bertz CT molecular complexity index is 1930. The van der Waals surface area contributed by atoms with Crippen LogP contribution in [0.25, 0.3) is 33.4 Å². The maximum Gasteiger partial charge on any atom is 0.149 e. The molecule has 47 heavy (non-hydrogen) atoms. The molecule has 0 atom stereocenters. The molecule has 0 N–H and O–H groups in total. The molecule has 2 heterocycles. The number of hydrogen-bond donors (Lipinski definition) is 0. The lowest BCUT2D eigenvalue weighted by Gasteiger charge is -2.32. The van der Waals surface area contributed by atoms with E-state index in [-0.39, 0.29) is 0 Å². The molecule has 6 aromatic carbocycles. The molecule has 6 aromatic rings. The number of fused-ring (bicyclic) bond motifs is 9. The van der Waals surface area contributed by atoms with Gasteiger partial charge in [-0.25, -0.2) is 0 Å². The fraction of sp³-hybridized carbons (Fsp3) is 0.200. The predicted molar refractivity (Wildman–Crippen MR) is 207 cm³/mol. The molecule has 0 amide bonds. The third-order valence-corrected chi connectivity index (χ3v) is 22.0. The molecule has 0 saturated heterocycles. The highest BCUT2D eigenvalue weighted by molar-refractivity contribution is 7.15. The predicted octanol–water partition coefficient (Wildman–Crippen LogP) is 7.76. The fourth-order valence-corrected chi connectivity index (χ4v) is 20.7. The van der Waals surface area contributed by atoms with Crippen LogP contribution in [-0.4, -0.2) is 16.1 Å². The Hall–Kier alpha value is -4.25. The summed E-state index contributed by atoms with van der Waals surface area (Å²) in [5.41, 5.74) is 11.8. The summed E-state index contributed by atoms with van der Waals surface area (Å²) in [5.74, 6) is 0. The van der Waals surface area contributed by atoms with E-state index in [1.807, 2.05) is 0 Å². The standard InChI is InChI=1S/C45H42Si2/c1-3-5-27-46(42-19-11-7-15-36(42)37-16-8-12-20-43(37)46)34-25-23-32-29-33-24-26-35(31-41(33)40(32)30-34)47(28-6-4-2)44-21-13-9-17-38(44)39-18-10-14-22-45(39)47/h7-26,30-31H,3-6,27-29H2,1-2H3. The van der Waals surface area contributed by atoms with E-state index in [0.29, 0.717) is 0 Å². The van der Waals surface area contributed by atoms with Crippen molar-refractivity contribution in [2.45, 2.75) is 58.0 Å². The highest BCUT2D eigenvalue weighted by Gasteiger charge is 2.48. The van der Waals surface area contributed by atoms with Crippen molar-refractivity contribution in [3.05, 3.63) is 145 Å². The topological polar surface area (TPSA) is 0 Å². The molecule has 0 saturated carbocycles. The highest BCUT2D eigenvalue weighted by atomic mass is 28.3. The van der Waals surface area contributed by atoms with Crippen molar-refractivity contribution in [1.29, 1.82) is 0 Å². The third-order valence-electron chi connectivity index (χ3n) is 11.8. The number of benzene rings is 6. The minimum Gasteiger partial charge on any atom is -0.0654 e. The van der Waals surface area contributed by atoms with Crippen molar-refractivity contribution in [2.24, 2.45) is 0 Å². The van der Waals surface area contributed by atoms with Crippen LogP contribution in [-0.2, 0) is 6.42 Å². The van der Waals surface area contributed by atoms with E-state index in [2.05, 4.69) is 147 Å². The molecule has 0 fully saturated rings. The lowest BCUT2D eigenvalue weighted by Crippen LogP contribution is -2.64. The summed E-state index contributed by atoms with van der Waals surface area (Å²) in [6.07, 6.45) is 6.01. The van der Waals surface area contributed by atoms with Crippen LogP contribution in [0.4, 0.5) is 0 Å². The SMILES string of the molecule is CCCC[Si]1(c2ccc3c(c2)-c2cc([Si]4(CCCC)c5ccccc5-c5ccccc54)ccc2C3)c2ccccc2-c2ccccc21. The van der Waals surface area contributed by atoms with Gasteiger partial charge in [-0.05, 0) is 94.1 Å². The average Bonchev–Trinajstić information content (AvgIpc) is 3.74. The van der Waals surface area contributed by atoms with Crippen LogP contribution >= 0.6 is 0 Å². The zero-order chi connectivity index (χ0) is 31.6. The van der Waals surface area contributed by atoms with Crippen LogP contribution in [0.5, 0.6) is 0 Å². The number of rotatable bonds is 8. The molecule has 3 aliphatic rings. The first kappa shape index (κ1) is 28.9. The average molecular weight is 639 g/mol. The summed E-state index contributed by atoms with van der Waals surface area (Å²) >= 11 is 0. The first-order chi connectivity index (χ1) is 23.2. The minimum atomic E-state index is -2.19.